The highest BCUT2D eigenvalue weighted by Gasteiger charge is 2.42. The second-order valence-electron chi connectivity index (χ2n) is 10.6. The Bertz CT molecular complexity index is 737. The van der Waals surface area contributed by atoms with E-state index in [9.17, 15) is 0 Å². The minimum atomic E-state index is 0.0768. The van der Waals surface area contributed by atoms with Crippen LogP contribution in [-0.2, 0) is 0 Å². The molecule has 1 saturated carbocycles. The topological polar surface area (TPSA) is 31.2 Å². The standard InChI is InChI=1S/C23H34N4/c1-16-9-17(10-20-12-22(2,3)14-24-26(16)20)11-23(4)13-21-18-5-7-19(8-6-18)27(21)25-15-23/h12-19H,5-11H2,1-4H3/t16-,17?,18?,19?,23?/m0/s1. The van der Waals surface area contributed by atoms with Crippen LogP contribution < -0.4 is 0 Å². The molecule has 0 aromatic heterocycles. The Labute approximate surface area is 164 Å². The highest BCUT2D eigenvalue weighted by atomic mass is 15.5. The van der Waals surface area contributed by atoms with Gasteiger partial charge in [0.25, 0.3) is 0 Å². The number of fused-ring (bicyclic) bond motifs is 3. The zero-order chi connectivity index (χ0) is 18.8. The van der Waals surface area contributed by atoms with Crippen LogP contribution in [0, 0.1) is 22.7 Å². The van der Waals surface area contributed by atoms with E-state index >= 15 is 0 Å². The summed E-state index contributed by atoms with van der Waals surface area (Å²) in [5.41, 5.74) is 3.14. The van der Waals surface area contributed by atoms with Gasteiger partial charge < -0.3 is 0 Å². The maximum absolute atomic E-state index is 4.97. The zero-order valence-corrected chi connectivity index (χ0v) is 17.4. The van der Waals surface area contributed by atoms with Gasteiger partial charge in [-0.25, -0.2) is 0 Å². The molecular formula is C23H34N4. The smallest absolute Gasteiger partial charge is 0.0522 e. The average molecular weight is 367 g/mol. The normalized spacial score (nSPS) is 41.8. The summed E-state index contributed by atoms with van der Waals surface area (Å²) in [6, 6.07) is 1.15. The summed E-state index contributed by atoms with van der Waals surface area (Å²) >= 11 is 0. The van der Waals surface area contributed by atoms with Crippen molar-refractivity contribution in [2.24, 2.45) is 32.9 Å². The average Bonchev–Trinajstić information content (AvgIpc) is 2.61. The number of piperidine rings is 3. The Hall–Kier alpha value is -1.58. The van der Waals surface area contributed by atoms with Crippen LogP contribution in [0.5, 0.6) is 0 Å². The van der Waals surface area contributed by atoms with E-state index in [-0.39, 0.29) is 10.8 Å². The molecule has 3 atom stereocenters. The number of hydrogen-bond donors (Lipinski definition) is 0. The third-order valence-electron chi connectivity index (χ3n) is 7.35. The molecular weight excluding hydrogens is 332 g/mol. The summed E-state index contributed by atoms with van der Waals surface area (Å²) in [6.07, 6.45) is 18.3. The van der Waals surface area contributed by atoms with Gasteiger partial charge in [0.05, 0.1) is 6.04 Å². The molecule has 4 fully saturated rings. The fourth-order valence-electron chi connectivity index (χ4n) is 6.15. The second-order valence-corrected chi connectivity index (χ2v) is 10.6. The Morgan fingerprint density at radius 2 is 1.74 bits per heavy atom. The summed E-state index contributed by atoms with van der Waals surface area (Å²) < 4.78 is 0. The molecule has 5 heterocycles. The van der Waals surface area contributed by atoms with Gasteiger partial charge in [-0.15, -0.1) is 0 Å². The van der Waals surface area contributed by atoms with Crippen LogP contribution in [0.1, 0.15) is 72.6 Å². The first kappa shape index (κ1) is 17.5. The summed E-state index contributed by atoms with van der Waals surface area (Å²) in [5.74, 6) is 1.45. The molecule has 4 nitrogen and oxygen atoms in total. The molecule has 6 rings (SSSR count). The molecule has 0 N–H and O–H groups in total. The number of nitrogens with zero attached hydrogens (tertiary/aromatic N) is 4. The summed E-state index contributed by atoms with van der Waals surface area (Å²) in [7, 11) is 0. The molecule has 4 heteroatoms. The summed E-state index contributed by atoms with van der Waals surface area (Å²) in [6.45, 7) is 9.23. The fraction of sp³-hybridized carbons (Fsp3) is 0.739. The van der Waals surface area contributed by atoms with E-state index in [0.717, 1.165) is 12.3 Å². The first-order valence-corrected chi connectivity index (χ1v) is 11.0. The lowest BCUT2D eigenvalue weighted by atomic mass is 9.71. The van der Waals surface area contributed by atoms with Gasteiger partial charge in [0, 0.05) is 46.6 Å². The van der Waals surface area contributed by atoms with Gasteiger partial charge in [0.15, 0.2) is 0 Å². The van der Waals surface area contributed by atoms with E-state index in [1.54, 1.807) is 0 Å². The highest BCUT2D eigenvalue weighted by molar-refractivity contribution is 5.70. The molecule has 0 spiro atoms. The van der Waals surface area contributed by atoms with Crippen LogP contribution in [0.15, 0.2) is 33.7 Å². The third-order valence-corrected chi connectivity index (χ3v) is 7.35. The van der Waals surface area contributed by atoms with Crippen molar-refractivity contribution in [2.75, 3.05) is 0 Å². The number of hydrazone groups is 2. The van der Waals surface area contributed by atoms with Crippen molar-refractivity contribution in [1.82, 2.24) is 10.0 Å². The number of rotatable bonds is 2. The first-order chi connectivity index (χ1) is 12.8. The molecule has 5 aliphatic heterocycles. The molecule has 0 aromatic rings. The summed E-state index contributed by atoms with van der Waals surface area (Å²) in [4.78, 5) is 0. The van der Waals surface area contributed by atoms with Gasteiger partial charge in [-0.1, -0.05) is 32.9 Å². The molecule has 146 valence electrons. The Kier molecular flexibility index (Phi) is 3.86. The van der Waals surface area contributed by atoms with Gasteiger partial charge >= 0.3 is 0 Å². The van der Waals surface area contributed by atoms with Crippen molar-refractivity contribution >= 4 is 12.4 Å². The maximum Gasteiger partial charge on any atom is 0.0522 e. The van der Waals surface area contributed by atoms with Crippen LogP contribution in [0.3, 0.4) is 0 Å². The largest absolute Gasteiger partial charge is 0.267 e. The highest BCUT2D eigenvalue weighted by Crippen LogP contribution is 2.47. The number of hydrogen-bond acceptors (Lipinski definition) is 4. The van der Waals surface area contributed by atoms with E-state index < -0.39 is 0 Å². The maximum atomic E-state index is 4.97. The van der Waals surface area contributed by atoms with E-state index in [2.05, 4.69) is 62.3 Å². The van der Waals surface area contributed by atoms with Crippen molar-refractivity contribution in [3.05, 3.63) is 23.5 Å². The first-order valence-electron chi connectivity index (χ1n) is 11.0. The van der Waals surface area contributed by atoms with Crippen LogP contribution in [0.2, 0.25) is 0 Å². The van der Waals surface area contributed by atoms with Crippen molar-refractivity contribution in [3.8, 4) is 0 Å². The molecule has 27 heavy (non-hydrogen) atoms. The predicted octanol–water partition coefficient (Wildman–Crippen LogP) is 5.15. The van der Waals surface area contributed by atoms with Crippen LogP contribution >= 0.6 is 0 Å². The van der Waals surface area contributed by atoms with E-state index in [1.807, 2.05) is 0 Å². The SMILES string of the molecule is C[C@H]1CC(CC2(C)C=NN3C(=C2)C2CCC3CC2)CC2=CC(C)(C)C=NN21. The predicted molar refractivity (Wildman–Crippen MR) is 111 cm³/mol. The van der Waals surface area contributed by atoms with Crippen molar-refractivity contribution < 1.29 is 0 Å². The fourth-order valence-corrected chi connectivity index (χ4v) is 6.15. The van der Waals surface area contributed by atoms with Gasteiger partial charge in [0.2, 0.25) is 0 Å². The monoisotopic (exact) mass is 366 g/mol. The molecule has 0 aromatic carbocycles. The third kappa shape index (κ3) is 3.05. The van der Waals surface area contributed by atoms with Crippen molar-refractivity contribution in [1.29, 1.82) is 0 Å². The van der Waals surface area contributed by atoms with Gasteiger partial charge in [-0.05, 0) is 57.8 Å². The van der Waals surface area contributed by atoms with Crippen molar-refractivity contribution in [3.63, 3.8) is 0 Å². The minimum Gasteiger partial charge on any atom is -0.267 e. The van der Waals surface area contributed by atoms with Crippen molar-refractivity contribution in [2.45, 2.75) is 84.7 Å². The Balaban J connectivity index is 1.35. The zero-order valence-electron chi connectivity index (χ0n) is 17.4. The molecule has 6 aliphatic rings. The number of allylic oxidation sites excluding steroid dienone is 4. The van der Waals surface area contributed by atoms with Gasteiger partial charge in [-0.2, -0.15) is 10.2 Å². The van der Waals surface area contributed by atoms with Gasteiger partial charge in [0.1, 0.15) is 0 Å². The lowest BCUT2D eigenvalue weighted by molar-refractivity contribution is 0.0951. The molecule has 3 saturated heterocycles. The Morgan fingerprint density at radius 3 is 2.52 bits per heavy atom. The molecule has 1 aliphatic carbocycles. The molecule has 0 amide bonds. The molecule has 2 bridgehead atoms. The summed E-state index contributed by atoms with van der Waals surface area (Å²) in [5, 5.41) is 14.4. The Morgan fingerprint density at radius 1 is 1.00 bits per heavy atom. The van der Waals surface area contributed by atoms with Crippen LogP contribution in [0.25, 0.3) is 0 Å². The minimum absolute atomic E-state index is 0.0768. The molecule has 2 unspecified atom stereocenters. The van der Waals surface area contributed by atoms with Crippen LogP contribution in [0.4, 0.5) is 0 Å². The second kappa shape index (κ2) is 5.96. The quantitative estimate of drug-likeness (QED) is 0.677. The van der Waals surface area contributed by atoms with E-state index in [4.69, 9.17) is 10.2 Å². The van der Waals surface area contributed by atoms with Crippen LogP contribution in [-0.4, -0.2) is 34.5 Å². The molecule has 0 radical (unpaired) electrons. The van der Waals surface area contributed by atoms with Gasteiger partial charge in [-0.3, -0.25) is 10.0 Å². The lowest BCUT2D eigenvalue weighted by Gasteiger charge is -2.49. The van der Waals surface area contributed by atoms with E-state index in [1.165, 1.54) is 49.9 Å². The lowest BCUT2D eigenvalue weighted by Crippen LogP contribution is -2.46. The van der Waals surface area contributed by atoms with E-state index in [0.29, 0.717) is 18.0 Å².